The molecule has 1 radical (unpaired) electrons. The van der Waals surface area contributed by atoms with Crippen LogP contribution in [0.25, 0.3) is 0 Å². The van der Waals surface area contributed by atoms with Gasteiger partial charge in [-0.15, -0.1) is 0 Å². The van der Waals surface area contributed by atoms with Crippen LogP contribution in [-0.2, 0) is 9.31 Å². The minimum Gasteiger partial charge on any atom is -0.544 e. The second-order valence-corrected chi connectivity index (χ2v) is 3.88. The molecule has 0 spiro atoms. The fourth-order valence-corrected chi connectivity index (χ4v) is 1.51. The summed E-state index contributed by atoms with van der Waals surface area (Å²) >= 11 is 0. The van der Waals surface area contributed by atoms with Crippen molar-refractivity contribution >= 4 is 26.0 Å². The van der Waals surface area contributed by atoms with Crippen molar-refractivity contribution in [1.82, 2.24) is 4.98 Å². The first-order valence-corrected chi connectivity index (χ1v) is 4.91. The summed E-state index contributed by atoms with van der Waals surface area (Å²) in [5.41, 5.74) is 2.21. The highest BCUT2D eigenvalue weighted by Gasteiger charge is 2.57. The average Bonchev–Trinajstić information content (AvgIpc) is 3.01. The summed E-state index contributed by atoms with van der Waals surface area (Å²) in [6.45, 7) is 4.05. The van der Waals surface area contributed by atoms with Crippen LogP contribution < -0.4 is 0 Å². The molecule has 3 rings (SSSR count). The largest absolute Gasteiger partial charge is 0.544 e. The van der Waals surface area contributed by atoms with Crippen LogP contribution in [0.1, 0.15) is 11.1 Å². The van der Waals surface area contributed by atoms with E-state index in [0.29, 0.717) is 0 Å². The van der Waals surface area contributed by atoms with Crippen LogP contribution >= 0.6 is 0 Å². The second-order valence-electron chi connectivity index (χ2n) is 3.88. The molecule has 0 bridgehead atoms. The average molecular weight is 199 g/mol. The van der Waals surface area contributed by atoms with Gasteiger partial charge in [0.05, 0.1) is 5.90 Å². The van der Waals surface area contributed by atoms with Crippen molar-refractivity contribution in [2.75, 3.05) is 0 Å². The normalized spacial score (nSPS) is 24.8. The highest BCUT2D eigenvalue weighted by molar-refractivity contribution is 7.04. The first-order chi connectivity index (χ1) is 7.24. The highest BCUT2D eigenvalue weighted by Crippen LogP contribution is 2.26. The van der Waals surface area contributed by atoms with Crippen LogP contribution in [0.5, 0.6) is 0 Å². The zero-order valence-electron chi connectivity index (χ0n) is 8.60. The Labute approximate surface area is 89.1 Å². The van der Waals surface area contributed by atoms with E-state index in [1.165, 1.54) is 0 Å². The van der Waals surface area contributed by atoms with E-state index < -0.39 is 0 Å². The summed E-state index contributed by atoms with van der Waals surface area (Å²) in [4.78, 5) is 8.59. The molecule has 1 aromatic heterocycles. The Morgan fingerprint density at radius 2 is 2.33 bits per heavy atom. The quantitative estimate of drug-likeness (QED) is 0.522. The predicted molar refractivity (Wildman–Crippen MR) is 58.3 cm³/mol. The molecule has 1 aromatic rings. The SMILES string of the molecule is Cc1cnc(N=C2OB2C2[B]O2)c(C)c1. The molecule has 2 aliphatic heterocycles. The molecule has 1 unspecified atom stereocenters. The lowest BCUT2D eigenvalue weighted by atomic mass is 9.65. The Hall–Kier alpha value is -1.29. The third-order valence-electron chi connectivity index (χ3n) is 2.43. The monoisotopic (exact) mass is 199 g/mol. The first kappa shape index (κ1) is 8.97. The standard InChI is InChI=1S/C9H9B2N2O2/c1-5-3-6(2)7(12-4-5)13-9-11(15-9)8-10-14-8/h3-4,8H,1-2H3. The van der Waals surface area contributed by atoms with Crippen molar-refractivity contribution in [3.63, 3.8) is 0 Å². The predicted octanol–water partition coefficient (Wildman–Crippen LogP) is 0.804. The molecule has 2 fully saturated rings. The number of aromatic nitrogens is 1. The number of nitrogens with zero attached hydrogens (tertiary/aromatic N) is 2. The molecule has 4 nitrogen and oxygen atoms in total. The van der Waals surface area contributed by atoms with Crippen molar-refractivity contribution < 1.29 is 9.31 Å². The zero-order valence-corrected chi connectivity index (χ0v) is 8.60. The van der Waals surface area contributed by atoms with Crippen molar-refractivity contribution in [2.45, 2.75) is 19.8 Å². The van der Waals surface area contributed by atoms with Gasteiger partial charge in [0.25, 0.3) is 0 Å². The van der Waals surface area contributed by atoms with Gasteiger partial charge in [-0.2, -0.15) is 0 Å². The minimum absolute atomic E-state index is 0.0347. The minimum atomic E-state index is 0.0347. The Bertz CT molecular complexity index is 446. The van der Waals surface area contributed by atoms with Gasteiger partial charge in [-0.05, 0) is 25.0 Å². The van der Waals surface area contributed by atoms with Crippen LogP contribution in [-0.4, -0.2) is 31.1 Å². The van der Waals surface area contributed by atoms with E-state index in [9.17, 15) is 0 Å². The smallest absolute Gasteiger partial charge is 0.474 e. The van der Waals surface area contributed by atoms with Gasteiger partial charge in [0.15, 0.2) is 11.6 Å². The Morgan fingerprint density at radius 3 is 3.00 bits per heavy atom. The third-order valence-corrected chi connectivity index (χ3v) is 2.43. The molecular weight excluding hydrogens is 190 g/mol. The van der Waals surface area contributed by atoms with Gasteiger partial charge in [-0.1, -0.05) is 6.07 Å². The lowest BCUT2D eigenvalue weighted by Crippen LogP contribution is -2.04. The maximum Gasteiger partial charge on any atom is 0.474 e. The highest BCUT2D eigenvalue weighted by atomic mass is 16.6. The Morgan fingerprint density at radius 1 is 1.53 bits per heavy atom. The molecule has 6 heteroatoms. The summed E-state index contributed by atoms with van der Waals surface area (Å²) in [6, 6.07) is 2.06. The van der Waals surface area contributed by atoms with E-state index in [4.69, 9.17) is 9.31 Å². The molecule has 2 saturated heterocycles. The molecule has 0 amide bonds. The fraction of sp³-hybridized carbons (Fsp3) is 0.333. The van der Waals surface area contributed by atoms with Crippen LogP contribution in [0.3, 0.4) is 0 Å². The number of aliphatic imine (C=N–C) groups is 1. The molecule has 0 saturated carbocycles. The van der Waals surface area contributed by atoms with Crippen LogP contribution in [0.4, 0.5) is 5.82 Å². The van der Waals surface area contributed by atoms with Crippen molar-refractivity contribution in [1.29, 1.82) is 0 Å². The molecular formula is C9H9B2N2O2. The lowest BCUT2D eigenvalue weighted by molar-refractivity contribution is 0.513. The molecule has 73 valence electrons. The van der Waals surface area contributed by atoms with Crippen molar-refractivity contribution in [3.05, 3.63) is 23.4 Å². The molecule has 2 aliphatic rings. The van der Waals surface area contributed by atoms with Gasteiger partial charge in [0.2, 0.25) is 0 Å². The molecule has 0 N–H and O–H groups in total. The van der Waals surface area contributed by atoms with E-state index in [1.807, 2.05) is 20.0 Å². The number of rotatable bonds is 2. The first-order valence-electron chi connectivity index (χ1n) is 4.91. The van der Waals surface area contributed by atoms with Gasteiger partial charge < -0.3 is 9.31 Å². The summed E-state index contributed by atoms with van der Waals surface area (Å²) in [5, 5.41) is 0. The maximum atomic E-state index is 5.28. The number of hydrogen-bond donors (Lipinski definition) is 0. The van der Waals surface area contributed by atoms with Crippen LogP contribution in [0, 0.1) is 13.8 Å². The summed E-state index contributed by atoms with van der Waals surface area (Å²) < 4.78 is 10.3. The van der Waals surface area contributed by atoms with Crippen molar-refractivity contribution in [3.8, 4) is 0 Å². The summed E-state index contributed by atoms with van der Waals surface area (Å²) in [5.74, 6) is 1.58. The summed E-state index contributed by atoms with van der Waals surface area (Å²) in [7, 11) is 1.75. The number of aryl methyl sites for hydroxylation is 2. The molecule has 1 atom stereocenters. The van der Waals surface area contributed by atoms with E-state index in [1.54, 1.807) is 7.48 Å². The van der Waals surface area contributed by atoms with Gasteiger partial charge in [0, 0.05) is 6.20 Å². The number of pyridine rings is 1. The molecule has 15 heavy (non-hydrogen) atoms. The van der Waals surface area contributed by atoms with E-state index >= 15 is 0 Å². The second kappa shape index (κ2) is 3.10. The van der Waals surface area contributed by atoms with E-state index in [2.05, 4.69) is 16.0 Å². The van der Waals surface area contributed by atoms with Crippen LogP contribution in [0.2, 0.25) is 0 Å². The van der Waals surface area contributed by atoms with Gasteiger partial charge in [-0.25, -0.2) is 9.98 Å². The van der Waals surface area contributed by atoms with Gasteiger partial charge in [-0.3, -0.25) is 0 Å². The Kier molecular flexibility index (Phi) is 1.85. The zero-order chi connectivity index (χ0) is 10.4. The third kappa shape index (κ3) is 1.77. The lowest BCUT2D eigenvalue weighted by Gasteiger charge is -1.98. The maximum absolute atomic E-state index is 5.28. The molecule has 3 heterocycles. The topological polar surface area (TPSA) is 50.3 Å². The summed E-state index contributed by atoms with van der Waals surface area (Å²) in [6.07, 6.45) is 1.81. The van der Waals surface area contributed by atoms with E-state index in [0.717, 1.165) is 22.7 Å². The fourth-order valence-electron chi connectivity index (χ4n) is 1.51. The van der Waals surface area contributed by atoms with Gasteiger partial charge in [0.1, 0.15) is 0 Å². The molecule has 0 aliphatic carbocycles. The van der Waals surface area contributed by atoms with Crippen molar-refractivity contribution in [2.24, 2.45) is 4.99 Å². The number of hydrogen-bond acceptors (Lipinski definition) is 4. The Balaban J connectivity index is 1.82. The molecule has 0 aromatic carbocycles. The van der Waals surface area contributed by atoms with E-state index in [-0.39, 0.29) is 12.8 Å². The van der Waals surface area contributed by atoms with Gasteiger partial charge >= 0.3 is 14.4 Å². The van der Waals surface area contributed by atoms with Crippen LogP contribution in [0.15, 0.2) is 17.3 Å².